The molecule has 126 valence electrons. The maximum Gasteiger partial charge on any atom is 0.270 e. The summed E-state index contributed by atoms with van der Waals surface area (Å²) in [5.41, 5.74) is 1.86. The average molecular weight is 336 g/mol. The zero-order valence-corrected chi connectivity index (χ0v) is 13.6. The number of nitro benzene ring substituents is 1. The highest BCUT2D eigenvalue weighted by molar-refractivity contribution is 5.90. The Kier molecular flexibility index (Phi) is 5.54. The molecule has 2 aromatic carbocycles. The van der Waals surface area contributed by atoms with Crippen molar-refractivity contribution >= 4 is 17.3 Å². The average Bonchev–Trinajstić information content (AvgIpc) is 2.62. The van der Waals surface area contributed by atoms with Crippen molar-refractivity contribution in [2.45, 2.75) is 6.42 Å². The molecule has 0 unspecified atom stereocenters. The molecule has 0 bridgehead atoms. The zero-order chi connectivity index (χ0) is 18.4. The summed E-state index contributed by atoms with van der Waals surface area (Å²) in [4.78, 5) is 10.4. The number of nitro groups is 1. The number of rotatable bonds is 6. The molecule has 6 heteroatoms. The largest absolute Gasteiger partial charge is 0.504 e. The van der Waals surface area contributed by atoms with Gasteiger partial charge in [0, 0.05) is 17.7 Å². The Labute approximate surface area is 145 Å². The molecular formula is C19H16N2O4. The lowest BCUT2D eigenvalue weighted by molar-refractivity contribution is -0.384. The molecule has 0 aromatic heterocycles. The minimum atomic E-state index is -0.510. The quantitative estimate of drug-likeness (QED) is 0.282. The Morgan fingerprint density at radius 3 is 2.80 bits per heavy atom. The van der Waals surface area contributed by atoms with E-state index in [0.717, 1.165) is 0 Å². The van der Waals surface area contributed by atoms with Gasteiger partial charge in [-0.15, -0.1) is 6.58 Å². The standard InChI is InChI=1S/C19H16N2O4/c1-3-5-15-8-13(10-18(25-2)19(15)22)9-16(12-20)14-6-4-7-17(11-14)21(23)24/h3-4,6-11,22H,1,5H2,2H3. The van der Waals surface area contributed by atoms with Gasteiger partial charge in [0.05, 0.1) is 23.7 Å². The van der Waals surface area contributed by atoms with E-state index in [1.165, 1.54) is 25.3 Å². The van der Waals surface area contributed by atoms with Crippen LogP contribution in [0.1, 0.15) is 16.7 Å². The first kappa shape index (κ1) is 17.8. The Balaban J connectivity index is 2.55. The number of benzene rings is 2. The number of hydrogen-bond donors (Lipinski definition) is 1. The number of hydrogen-bond acceptors (Lipinski definition) is 5. The molecule has 0 radical (unpaired) electrons. The fraction of sp³-hybridized carbons (Fsp3) is 0.105. The van der Waals surface area contributed by atoms with Crippen LogP contribution in [-0.2, 0) is 6.42 Å². The Morgan fingerprint density at radius 2 is 2.20 bits per heavy atom. The highest BCUT2D eigenvalue weighted by Gasteiger charge is 2.12. The molecule has 0 saturated heterocycles. The summed E-state index contributed by atoms with van der Waals surface area (Å²) >= 11 is 0. The molecule has 0 atom stereocenters. The van der Waals surface area contributed by atoms with Gasteiger partial charge in [-0.3, -0.25) is 10.1 Å². The highest BCUT2D eigenvalue weighted by atomic mass is 16.6. The number of ether oxygens (including phenoxy) is 1. The van der Waals surface area contributed by atoms with Crippen LogP contribution in [0.5, 0.6) is 11.5 Å². The smallest absolute Gasteiger partial charge is 0.270 e. The van der Waals surface area contributed by atoms with Crippen molar-refractivity contribution in [2.75, 3.05) is 7.11 Å². The molecule has 0 saturated carbocycles. The summed E-state index contributed by atoms with van der Waals surface area (Å²) in [6.07, 6.45) is 3.67. The summed E-state index contributed by atoms with van der Waals surface area (Å²) < 4.78 is 5.16. The Bertz CT molecular complexity index is 895. The summed E-state index contributed by atoms with van der Waals surface area (Å²) in [6, 6.07) is 11.2. The van der Waals surface area contributed by atoms with Crippen LogP contribution in [-0.4, -0.2) is 17.1 Å². The van der Waals surface area contributed by atoms with Gasteiger partial charge < -0.3 is 9.84 Å². The van der Waals surface area contributed by atoms with Crippen molar-refractivity contribution in [3.63, 3.8) is 0 Å². The minimum Gasteiger partial charge on any atom is -0.504 e. The Hall–Kier alpha value is -3.59. The van der Waals surface area contributed by atoms with Gasteiger partial charge in [0.2, 0.25) is 0 Å². The number of phenolic OH excluding ortho intramolecular Hbond substituents is 1. The lowest BCUT2D eigenvalue weighted by Crippen LogP contribution is -1.92. The first-order chi connectivity index (χ1) is 12.0. The maximum atomic E-state index is 10.9. The second kappa shape index (κ2) is 7.79. The number of aromatic hydroxyl groups is 1. The van der Waals surface area contributed by atoms with E-state index in [-0.39, 0.29) is 22.8 Å². The molecule has 25 heavy (non-hydrogen) atoms. The number of nitriles is 1. The molecule has 0 aliphatic carbocycles. The predicted octanol–water partition coefficient (Wildman–Crippen LogP) is 4.10. The van der Waals surface area contributed by atoms with Gasteiger partial charge in [-0.1, -0.05) is 18.2 Å². The van der Waals surface area contributed by atoms with Gasteiger partial charge in [-0.25, -0.2) is 0 Å². The van der Waals surface area contributed by atoms with Crippen molar-refractivity contribution in [1.29, 1.82) is 5.26 Å². The van der Waals surface area contributed by atoms with Crippen LogP contribution in [0.2, 0.25) is 0 Å². The van der Waals surface area contributed by atoms with Crippen LogP contribution in [0.15, 0.2) is 49.1 Å². The van der Waals surface area contributed by atoms with Crippen molar-refractivity contribution in [3.8, 4) is 17.6 Å². The van der Waals surface area contributed by atoms with Crippen LogP contribution in [0, 0.1) is 21.4 Å². The van der Waals surface area contributed by atoms with Gasteiger partial charge in [0.1, 0.15) is 0 Å². The van der Waals surface area contributed by atoms with E-state index >= 15 is 0 Å². The van der Waals surface area contributed by atoms with Gasteiger partial charge >= 0.3 is 0 Å². The van der Waals surface area contributed by atoms with Crippen molar-refractivity contribution in [2.24, 2.45) is 0 Å². The number of non-ortho nitro benzene ring substituents is 1. The van der Waals surface area contributed by atoms with E-state index < -0.39 is 4.92 Å². The molecule has 2 aromatic rings. The van der Waals surface area contributed by atoms with Crippen LogP contribution < -0.4 is 4.74 Å². The van der Waals surface area contributed by atoms with Gasteiger partial charge in [-0.2, -0.15) is 5.26 Å². The van der Waals surface area contributed by atoms with Crippen molar-refractivity contribution in [1.82, 2.24) is 0 Å². The number of methoxy groups -OCH3 is 1. The van der Waals surface area contributed by atoms with Crippen molar-refractivity contribution < 1.29 is 14.8 Å². The monoisotopic (exact) mass is 336 g/mol. The second-order valence-corrected chi connectivity index (χ2v) is 5.20. The fourth-order valence-corrected chi connectivity index (χ4v) is 2.37. The summed E-state index contributed by atoms with van der Waals surface area (Å²) in [5.74, 6) is 0.301. The lowest BCUT2D eigenvalue weighted by atomic mass is 10.0. The van der Waals surface area contributed by atoms with Crippen LogP contribution in [0.25, 0.3) is 11.6 Å². The van der Waals surface area contributed by atoms with Crippen LogP contribution in [0.3, 0.4) is 0 Å². The normalized spacial score (nSPS) is 10.8. The number of phenols is 1. The molecule has 0 fully saturated rings. The van der Waals surface area contributed by atoms with E-state index in [1.54, 1.807) is 30.4 Å². The number of allylic oxidation sites excluding steroid dienone is 2. The van der Waals surface area contributed by atoms with Gasteiger partial charge in [0.25, 0.3) is 5.69 Å². The number of nitrogens with zero attached hydrogens (tertiary/aromatic N) is 2. The third-order valence-corrected chi connectivity index (χ3v) is 3.56. The van der Waals surface area contributed by atoms with E-state index in [1.807, 2.05) is 0 Å². The van der Waals surface area contributed by atoms with Crippen LogP contribution >= 0.6 is 0 Å². The maximum absolute atomic E-state index is 10.9. The minimum absolute atomic E-state index is 0.0217. The molecule has 0 heterocycles. The zero-order valence-electron chi connectivity index (χ0n) is 13.6. The predicted molar refractivity (Wildman–Crippen MR) is 95.1 cm³/mol. The molecule has 0 amide bonds. The second-order valence-electron chi connectivity index (χ2n) is 5.20. The van der Waals surface area contributed by atoms with E-state index in [9.17, 15) is 20.5 Å². The first-order valence-corrected chi connectivity index (χ1v) is 7.37. The van der Waals surface area contributed by atoms with Crippen molar-refractivity contribution in [3.05, 3.63) is 75.9 Å². The molecule has 6 nitrogen and oxygen atoms in total. The molecular weight excluding hydrogens is 320 g/mol. The summed E-state index contributed by atoms with van der Waals surface area (Å²) in [7, 11) is 1.44. The fourth-order valence-electron chi connectivity index (χ4n) is 2.37. The van der Waals surface area contributed by atoms with Gasteiger partial charge in [0.15, 0.2) is 11.5 Å². The van der Waals surface area contributed by atoms with E-state index in [0.29, 0.717) is 23.1 Å². The summed E-state index contributed by atoms with van der Waals surface area (Å²) in [6.45, 7) is 3.65. The third kappa shape index (κ3) is 4.03. The molecule has 1 N–H and O–H groups in total. The molecule has 2 rings (SSSR count). The Morgan fingerprint density at radius 1 is 1.44 bits per heavy atom. The van der Waals surface area contributed by atoms with Crippen LogP contribution in [0.4, 0.5) is 5.69 Å². The highest BCUT2D eigenvalue weighted by Crippen LogP contribution is 2.33. The third-order valence-electron chi connectivity index (χ3n) is 3.56. The first-order valence-electron chi connectivity index (χ1n) is 7.37. The summed E-state index contributed by atoms with van der Waals surface area (Å²) in [5, 5.41) is 30.5. The lowest BCUT2D eigenvalue weighted by Gasteiger charge is -2.10. The molecule has 0 aliphatic rings. The topological polar surface area (TPSA) is 96.4 Å². The van der Waals surface area contributed by atoms with Gasteiger partial charge in [-0.05, 0) is 35.8 Å². The molecule has 0 spiro atoms. The molecule has 0 aliphatic heterocycles. The van der Waals surface area contributed by atoms with E-state index in [4.69, 9.17) is 4.74 Å². The SMILES string of the molecule is C=CCc1cc(C=C(C#N)c2cccc([N+](=O)[O-])c2)cc(OC)c1O. The van der Waals surface area contributed by atoms with E-state index in [2.05, 4.69) is 12.6 Å².